The lowest BCUT2D eigenvalue weighted by Gasteiger charge is -2.33. The van der Waals surface area contributed by atoms with Crippen LogP contribution in [-0.2, 0) is 16.1 Å². The fourth-order valence-electron chi connectivity index (χ4n) is 3.00. The Morgan fingerprint density at radius 2 is 2.00 bits per heavy atom. The van der Waals surface area contributed by atoms with Crippen molar-refractivity contribution in [3.63, 3.8) is 0 Å². The fraction of sp³-hybridized carbons (Fsp3) is 0.381. The van der Waals surface area contributed by atoms with Gasteiger partial charge >= 0.3 is 6.09 Å². The number of carbonyl (C=O) groups is 1. The fourth-order valence-corrected chi connectivity index (χ4v) is 3.26. The van der Waals surface area contributed by atoms with Crippen LogP contribution in [0.5, 0.6) is 0 Å². The summed E-state index contributed by atoms with van der Waals surface area (Å²) < 4.78 is 12.3. The Morgan fingerprint density at radius 3 is 2.74 bits per heavy atom. The molecule has 0 saturated carbocycles. The van der Waals surface area contributed by atoms with Gasteiger partial charge in [-0.15, -0.1) is 0 Å². The standard InChI is InChI=1S/C21H25BrN2O3/c1-16(18-7-9-19(22)10-8-18)23-13-20-14-24(11-12-26-20)21(25)27-15-17-5-3-2-4-6-17/h2-10,16,20,23H,11-15H2,1H3. The largest absolute Gasteiger partial charge is 0.445 e. The molecule has 1 N–H and O–H groups in total. The van der Waals surface area contributed by atoms with Gasteiger partial charge in [-0.25, -0.2) is 4.79 Å². The summed E-state index contributed by atoms with van der Waals surface area (Å²) in [5.74, 6) is 0. The number of hydrogen-bond acceptors (Lipinski definition) is 4. The molecule has 2 atom stereocenters. The van der Waals surface area contributed by atoms with Crippen LogP contribution in [0, 0.1) is 0 Å². The van der Waals surface area contributed by atoms with E-state index in [1.54, 1.807) is 4.90 Å². The molecule has 1 heterocycles. The molecule has 2 aromatic carbocycles. The lowest BCUT2D eigenvalue weighted by Crippen LogP contribution is -2.49. The summed E-state index contributed by atoms with van der Waals surface area (Å²) in [5, 5.41) is 3.49. The zero-order valence-electron chi connectivity index (χ0n) is 15.4. The third-order valence-corrected chi connectivity index (χ3v) is 5.15. The van der Waals surface area contributed by atoms with Crippen LogP contribution in [0.15, 0.2) is 59.1 Å². The van der Waals surface area contributed by atoms with E-state index in [0.717, 1.165) is 10.0 Å². The van der Waals surface area contributed by atoms with E-state index >= 15 is 0 Å². The number of halogens is 1. The molecule has 3 rings (SSSR count). The minimum absolute atomic E-state index is 0.0408. The molecule has 27 heavy (non-hydrogen) atoms. The van der Waals surface area contributed by atoms with Crippen molar-refractivity contribution in [1.82, 2.24) is 10.2 Å². The molecule has 0 radical (unpaired) electrons. The predicted molar refractivity (Wildman–Crippen MR) is 108 cm³/mol. The molecule has 2 unspecified atom stereocenters. The van der Waals surface area contributed by atoms with Gasteiger partial charge in [0, 0.05) is 23.6 Å². The van der Waals surface area contributed by atoms with E-state index in [9.17, 15) is 4.79 Å². The molecule has 0 aliphatic carbocycles. The first-order chi connectivity index (χ1) is 13.1. The highest BCUT2D eigenvalue weighted by Crippen LogP contribution is 2.17. The number of rotatable bonds is 6. The zero-order valence-corrected chi connectivity index (χ0v) is 17.0. The Bertz CT molecular complexity index is 724. The van der Waals surface area contributed by atoms with Gasteiger partial charge in [0.15, 0.2) is 0 Å². The third kappa shape index (κ3) is 6.06. The Morgan fingerprint density at radius 1 is 1.26 bits per heavy atom. The van der Waals surface area contributed by atoms with Crippen LogP contribution < -0.4 is 5.32 Å². The van der Waals surface area contributed by atoms with Crippen LogP contribution in [0.2, 0.25) is 0 Å². The van der Waals surface area contributed by atoms with Crippen molar-refractivity contribution in [1.29, 1.82) is 0 Å². The number of morpholine rings is 1. The Hall–Kier alpha value is -1.89. The molecule has 1 aliphatic rings. The second-order valence-electron chi connectivity index (χ2n) is 6.66. The summed E-state index contributed by atoms with van der Waals surface area (Å²) in [6.07, 6.45) is -0.325. The number of carbonyl (C=O) groups excluding carboxylic acids is 1. The van der Waals surface area contributed by atoms with Crippen LogP contribution in [0.1, 0.15) is 24.1 Å². The smallest absolute Gasteiger partial charge is 0.410 e. The normalized spacial score (nSPS) is 18.1. The average molecular weight is 433 g/mol. The summed E-state index contributed by atoms with van der Waals surface area (Å²) in [6.45, 7) is 4.72. The van der Waals surface area contributed by atoms with E-state index in [1.165, 1.54) is 5.56 Å². The minimum atomic E-state index is -0.284. The van der Waals surface area contributed by atoms with E-state index in [-0.39, 0.29) is 18.2 Å². The molecule has 1 saturated heterocycles. The van der Waals surface area contributed by atoms with Crippen LogP contribution in [-0.4, -0.2) is 43.3 Å². The van der Waals surface area contributed by atoms with Crippen molar-refractivity contribution in [3.05, 3.63) is 70.2 Å². The topological polar surface area (TPSA) is 50.8 Å². The lowest BCUT2D eigenvalue weighted by molar-refractivity contribution is -0.0278. The Labute approximate surface area is 168 Å². The first-order valence-corrected chi connectivity index (χ1v) is 9.97. The number of benzene rings is 2. The third-order valence-electron chi connectivity index (χ3n) is 4.62. The van der Waals surface area contributed by atoms with E-state index < -0.39 is 0 Å². The van der Waals surface area contributed by atoms with Gasteiger partial charge in [0.1, 0.15) is 6.61 Å². The van der Waals surface area contributed by atoms with E-state index in [4.69, 9.17) is 9.47 Å². The van der Waals surface area contributed by atoms with Gasteiger partial charge in [0.05, 0.1) is 19.3 Å². The van der Waals surface area contributed by atoms with Gasteiger partial charge in [0.2, 0.25) is 0 Å². The van der Waals surface area contributed by atoms with Gasteiger partial charge in [-0.05, 0) is 30.2 Å². The quantitative estimate of drug-likeness (QED) is 0.744. The van der Waals surface area contributed by atoms with E-state index in [1.807, 2.05) is 42.5 Å². The molecule has 1 fully saturated rings. The van der Waals surface area contributed by atoms with Gasteiger partial charge in [-0.1, -0.05) is 58.4 Å². The molecule has 0 spiro atoms. The van der Waals surface area contributed by atoms with Gasteiger partial charge < -0.3 is 19.7 Å². The highest BCUT2D eigenvalue weighted by Gasteiger charge is 2.25. The highest BCUT2D eigenvalue weighted by molar-refractivity contribution is 9.10. The summed E-state index contributed by atoms with van der Waals surface area (Å²) in [4.78, 5) is 14.1. The molecule has 5 nitrogen and oxygen atoms in total. The van der Waals surface area contributed by atoms with Gasteiger partial charge in [0.25, 0.3) is 0 Å². The van der Waals surface area contributed by atoms with Gasteiger partial charge in [-0.3, -0.25) is 0 Å². The van der Waals surface area contributed by atoms with Crippen molar-refractivity contribution in [2.45, 2.75) is 25.7 Å². The maximum atomic E-state index is 12.3. The van der Waals surface area contributed by atoms with Crippen molar-refractivity contribution in [3.8, 4) is 0 Å². The SMILES string of the molecule is CC(NCC1CN(C(=O)OCc2ccccc2)CCO1)c1ccc(Br)cc1. The van der Waals surface area contributed by atoms with Crippen molar-refractivity contribution in [2.24, 2.45) is 0 Å². The molecule has 6 heteroatoms. The average Bonchev–Trinajstić information content (AvgIpc) is 2.71. The van der Waals surface area contributed by atoms with Crippen molar-refractivity contribution < 1.29 is 14.3 Å². The summed E-state index contributed by atoms with van der Waals surface area (Å²) in [7, 11) is 0. The predicted octanol–water partition coefficient (Wildman–Crippen LogP) is 4.14. The summed E-state index contributed by atoms with van der Waals surface area (Å²) in [6, 6.07) is 18.2. The maximum Gasteiger partial charge on any atom is 0.410 e. The van der Waals surface area contributed by atoms with Gasteiger partial charge in [-0.2, -0.15) is 0 Å². The molecular formula is C21H25BrN2O3. The molecule has 1 aliphatic heterocycles. The molecule has 0 bridgehead atoms. The number of ether oxygens (including phenoxy) is 2. The second-order valence-corrected chi connectivity index (χ2v) is 7.58. The van der Waals surface area contributed by atoms with Crippen LogP contribution >= 0.6 is 15.9 Å². The molecule has 0 aromatic heterocycles. The molecule has 1 amide bonds. The number of nitrogens with zero attached hydrogens (tertiary/aromatic N) is 1. The van der Waals surface area contributed by atoms with Crippen LogP contribution in [0.3, 0.4) is 0 Å². The molecule has 144 valence electrons. The maximum absolute atomic E-state index is 12.3. The number of nitrogens with one attached hydrogen (secondary N) is 1. The summed E-state index contributed by atoms with van der Waals surface area (Å²) in [5.41, 5.74) is 2.20. The lowest BCUT2D eigenvalue weighted by atomic mass is 10.1. The van der Waals surface area contributed by atoms with Crippen molar-refractivity contribution in [2.75, 3.05) is 26.2 Å². The first kappa shape index (κ1) is 19.9. The Balaban J connectivity index is 1.44. The number of hydrogen-bond donors (Lipinski definition) is 1. The van der Waals surface area contributed by atoms with Crippen molar-refractivity contribution >= 4 is 22.0 Å². The van der Waals surface area contributed by atoms with Crippen LogP contribution in [0.25, 0.3) is 0 Å². The highest BCUT2D eigenvalue weighted by atomic mass is 79.9. The first-order valence-electron chi connectivity index (χ1n) is 9.18. The number of amides is 1. The van der Waals surface area contributed by atoms with Crippen LogP contribution in [0.4, 0.5) is 4.79 Å². The van der Waals surface area contributed by atoms with E-state index in [0.29, 0.717) is 32.8 Å². The van der Waals surface area contributed by atoms with E-state index in [2.05, 4.69) is 40.3 Å². The molecule has 2 aromatic rings. The monoisotopic (exact) mass is 432 g/mol. The molecular weight excluding hydrogens is 408 g/mol. The minimum Gasteiger partial charge on any atom is -0.445 e. The second kappa shape index (κ2) is 9.88. The zero-order chi connectivity index (χ0) is 19.1. The summed E-state index contributed by atoms with van der Waals surface area (Å²) >= 11 is 3.45. The Kier molecular flexibility index (Phi) is 7.26.